The van der Waals surface area contributed by atoms with E-state index in [1.54, 1.807) is 36.1 Å². The summed E-state index contributed by atoms with van der Waals surface area (Å²) in [5, 5.41) is 0. The molecule has 2 aromatic rings. The van der Waals surface area contributed by atoms with Gasteiger partial charge in [0, 0.05) is 18.7 Å². The Kier molecular flexibility index (Phi) is 8.74. The highest BCUT2D eigenvalue weighted by Gasteiger charge is 2.44. The van der Waals surface area contributed by atoms with Crippen LogP contribution in [0.2, 0.25) is 0 Å². The predicted molar refractivity (Wildman–Crippen MR) is 126 cm³/mol. The number of aryl methyl sites for hydroxylation is 1. The van der Waals surface area contributed by atoms with Crippen LogP contribution in [0.25, 0.3) is 0 Å². The SMILES string of the molecule is CCOC(=O)C[C@@H]1C[C@@H](C(N)C(=O)c2ccc(CN)cc2)N(CCCc2ccccc2)C1=O. The largest absolute Gasteiger partial charge is 0.466 e. The molecule has 1 fully saturated rings. The number of carbonyl (C=O) groups is 3. The number of benzene rings is 2. The molecule has 1 aliphatic heterocycles. The first kappa shape index (κ1) is 24.6. The van der Waals surface area contributed by atoms with Crippen LogP contribution in [0.4, 0.5) is 0 Å². The van der Waals surface area contributed by atoms with Crippen LogP contribution in [0.1, 0.15) is 47.7 Å². The van der Waals surface area contributed by atoms with Gasteiger partial charge < -0.3 is 21.1 Å². The molecule has 0 aliphatic carbocycles. The van der Waals surface area contributed by atoms with E-state index in [1.807, 2.05) is 30.3 Å². The minimum absolute atomic E-state index is 0.00443. The van der Waals surface area contributed by atoms with Crippen molar-refractivity contribution in [2.45, 2.75) is 51.2 Å². The lowest BCUT2D eigenvalue weighted by Crippen LogP contribution is -2.50. The molecule has 0 saturated carbocycles. The molecule has 1 heterocycles. The van der Waals surface area contributed by atoms with Gasteiger partial charge >= 0.3 is 5.97 Å². The number of nitrogens with two attached hydrogens (primary N) is 2. The van der Waals surface area contributed by atoms with Crippen molar-refractivity contribution >= 4 is 17.7 Å². The van der Waals surface area contributed by atoms with Crippen molar-refractivity contribution < 1.29 is 19.1 Å². The zero-order valence-electron chi connectivity index (χ0n) is 19.1. The predicted octanol–water partition coefficient (Wildman–Crippen LogP) is 2.46. The molecular weight excluding hydrogens is 418 g/mol. The molecule has 0 radical (unpaired) electrons. The molecule has 0 spiro atoms. The van der Waals surface area contributed by atoms with Gasteiger partial charge in [-0.15, -0.1) is 0 Å². The zero-order valence-corrected chi connectivity index (χ0v) is 19.1. The van der Waals surface area contributed by atoms with Crippen LogP contribution >= 0.6 is 0 Å². The second-order valence-electron chi connectivity index (χ2n) is 8.42. The minimum atomic E-state index is -0.874. The number of carbonyl (C=O) groups excluding carboxylic acids is 3. The number of amides is 1. The van der Waals surface area contributed by atoms with Crippen molar-refractivity contribution in [3.05, 3.63) is 71.3 Å². The first-order valence-electron chi connectivity index (χ1n) is 11.5. The third-order valence-electron chi connectivity index (χ3n) is 6.18. The normalized spacial score (nSPS) is 18.9. The number of ether oxygens (including phenoxy) is 1. The summed E-state index contributed by atoms with van der Waals surface area (Å²) in [4.78, 5) is 40.0. The molecule has 7 heteroatoms. The van der Waals surface area contributed by atoms with E-state index in [0.717, 1.165) is 18.4 Å². The van der Waals surface area contributed by atoms with E-state index < -0.39 is 24.0 Å². The van der Waals surface area contributed by atoms with Gasteiger partial charge in [0.15, 0.2) is 5.78 Å². The number of Topliss-reactive ketones (excluding diaryl/α,β-unsaturated/α-hetero) is 1. The van der Waals surface area contributed by atoms with Gasteiger partial charge in [0.05, 0.1) is 31.0 Å². The summed E-state index contributed by atoms with van der Waals surface area (Å²) in [5.74, 6) is -1.29. The fourth-order valence-corrected chi connectivity index (χ4v) is 4.40. The first-order valence-corrected chi connectivity index (χ1v) is 11.5. The molecule has 3 rings (SSSR count). The van der Waals surface area contributed by atoms with E-state index >= 15 is 0 Å². The van der Waals surface area contributed by atoms with Gasteiger partial charge in [-0.1, -0.05) is 54.6 Å². The molecule has 1 unspecified atom stereocenters. The highest BCUT2D eigenvalue weighted by molar-refractivity contribution is 6.01. The van der Waals surface area contributed by atoms with E-state index in [0.29, 0.717) is 25.1 Å². The molecule has 0 bridgehead atoms. The maximum Gasteiger partial charge on any atom is 0.306 e. The maximum atomic E-state index is 13.2. The highest BCUT2D eigenvalue weighted by atomic mass is 16.5. The third-order valence-corrected chi connectivity index (χ3v) is 6.18. The van der Waals surface area contributed by atoms with Crippen molar-refractivity contribution in [2.24, 2.45) is 17.4 Å². The van der Waals surface area contributed by atoms with E-state index in [4.69, 9.17) is 16.2 Å². The third kappa shape index (κ3) is 6.27. The number of hydrogen-bond donors (Lipinski definition) is 2. The number of likely N-dealkylation sites (tertiary alicyclic amines) is 1. The van der Waals surface area contributed by atoms with Crippen molar-refractivity contribution in [3.63, 3.8) is 0 Å². The van der Waals surface area contributed by atoms with Crippen LogP contribution in [-0.4, -0.2) is 47.8 Å². The van der Waals surface area contributed by atoms with Crippen molar-refractivity contribution in [1.29, 1.82) is 0 Å². The molecule has 3 atom stereocenters. The average molecular weight is 452 g/mol. The average Bonchev–Trinajstić information content (AvgIpc) is 3.14. The molecule has 2 aromatic carbocycles. The zero-order chi connectivity index (χ0) is 23.8. The molecule has 1 saturated heterocycles. The van der Waals surface area contributed by atoms with Gasteiger partial charge in [0.25, 0.3) is 0 Å². The van der Waals surface area contributed by atoms with Crippen LogP contribution < -0.4 is 11.5 Å². The molecule has 1 amide bonds. The molecule has 33 heavy (non-hydrogen) atoms. The van der Waals surface area contributed by atoms with Gasteiger partial charge in [-0.05, 0) is 37.3 Å². The summed E-state index contributed by atoms with van der Waals surface area (Å²) in [7, 11) is 0. The van der Waals surface area contributed by atoms with Crippen molar-refractivity contribution in [3.8, 4) is 0 Å². The smallest absolute Gasteiger partial charge is 0.306 e. The standard InChI is InChI=1S/C26H33N3O4/c1-2-33-23(30)16-21-15-22(24(28)25(31)20-12-10-19(17-27)11-13-20)29(26(21)32)14-6-9-18-7-4-3-5-8-18/h3-5,7-8,10-13,21-22,24H,2,6,9,14-17,27-28H2,1H3/t21-,22-,24?/m0/s1. The summed E-state index contributed by atoms with van der Waals surface area (Å²) in [6, 6.07) is 15.7. The Labute approximate surface area is 195 Å². The number of nitrogens with zero attached hydrogens (tertiary/aromatic N) is 1. The Morgan fingerprint density at radius 1 is 1.09 bits per heavy atom. The van der Waals surface area contributed by atoms with Gasteiger partial charge in [-0.3, -0.25) is 14.4 Å². The molecule has 0 aromatic heterocycles. The van der Waals surface area contributed by atoms with E-state index in [-0.39, 0.29) is 24.7 Å². The minimum Gasteiger partial charge on any atom is -0.466 e. The molecule has 7 nitrogen and oxygen atoms in total. The Morgan fingerprint density at radius 3 is 2.42 bits per heavy atom. The van der Waals surface area contributed by atoms with Crippen LogP contribution in [0, 0.1) is 5.92 Å². The summed E-state index contributed by atoms with van der Waals surface area (Å²) < 4.78 is 5.04. The Hall–Kier alpha value is -3.03. The Bertz CT molecular complexity index is 946. The van der Waals surface area contributed by atoms with E-state index in [9.17, 15) is 14.4 Å². The lowest BCUT2D eigenvalue weighted by atomic mass is 9.93. The van der Waals surface area contributed by atoms with Crippen LogP contribution in [0.15, 0.2) is 54.6 Å². The number of hydrogen-bond acceptors (Lipinski definition) is 6. The monoisotopic (exact) mass is 451 g/mol. The van der Waals surface area contributed by atoms with Crippen LogP contribution in [0.3, 0.4) is 0 Å². The topological polar surface area (TPSA) is 116 Å². The summed E-state index contributed by atoms with van der Waals surface area (Å²) >= 11 is 0. The van der Waals surface area contributed by atoms with Gasteiger partial charge in [0.1, 0.15) is 0 Å². The first-order chi connectivity index (χ1) is 15.9. The molecular formula is C26H33N3O4. The summed E-state index contributed by atoms with van der Waals surface area (Å²) in [6.45, 7) is 2.87. The molecule has 176 valence electrons. The van der Waals surface area contributed by atoms with Gasteiger partial charge in [-0.2, -0.15) is 0 Å². The van der Waals surface area contributed by atoms with Gasteiger partial charge in [-0.25, -0.2) is 0 Å². The Morgan fingerprint density at radius 2 is 1.79 bits per heavy atom. The van der Waals surface area contributed by atoms with Crippen LogP contribution in [-0.2, 0) is 27.3 Å². The second kappa shape index (κ2) is 11.7. The van der Waals surface area contributed by atoms with Crippen LogP contribution in [0.5, 0.6) is 0 Å². The second-order valence-corrected chi connectivity index (χ2v) is 8.42. The van der Waals surface area contributed by atoms with E-state index in [1.165, 1.54) is 5.56 Å². The van der Waals surface area contributed by atoms with E-state index in [2.05, 4.69) is 0 Å². The number of rotatable bonds is 11. The van der Waals surface area contributed by atoms with Gasteiger partial charge in [0.2, 0.25) is 5.91 Å². The van der Waals surface area contributed by atoms with Crippen molar-refractivity contribution in [2.75, 3.05) is 13.2 Å². The maximum absolute atomic E-state index is 13.2. The quantitative estimate of drug-likeness (QED) is 0.401. The lowest BCUT2D eigenvalue weighted by molar-refractivity contribution is -0.147. The Balaban J connectivity index is 1.73. The summed E-state index contributed by atoms with van der Waals surface area (Å²) in [6.07, 6.45) is 1.91. The molecule has 4 N–H and O–H groups in total. The fourth-order valence-electron chi connectivity index (χ4n) is 4.40. The highest BCUT2D eigenvalue weighted by Crippen LogP contribution is 2.30. The molecule has 1 aliphatic rings. The number of ketones is 1. The number of esters is 1. The summed E-state index contributed by atoms with van der Waals surface area (Å²) in [5.41, 5.74) is 14.7. The fraction of sp³-hybridized carbons (Fsp3) is 0.423. The van der Waals surface area contributed by atoms with Crippen molar-refractivity contribution in [1.82, 2.24) is 4.90 Å². The lowest BCUT2D eigenvalue weighted by Gasteiger charge is -2.29.